The normalized spacial score (nSPS) is 15.5. The molecule has 1 aliphatic heterocycles. The minimum atomic E-state index is -0.810. The van der Waals surface area contributed by atoms with E-state index < -0.39 is 17.7 Å². The third-order valence-corrected chi connectivity index (χ3v) is 5.91. The number of aromatic hydroxyl groups is 3. The number of rotatable bonds is 2. The Hall–Kier alpha value is -4.00. The molecule has 0 bridgehead atoms. The van der Waals surface area contributed by atoms with Crippen LogP contribution in [0.25, 0.3) is 11.1 Å². The molecule has 0 spiro atoms. The number of benzene rings is 3. The van der Waals surface area contributed by atoms with Crippen LogP contribution in [-0.2, 0) is 0 Å². The van der Waals surface area contributed by atoms with Crippen LogP contribution in [0.4, 0.5) is 0 Å². The Morgan fingerprint density at radius 1 is 1.03 bits per heavy atom. The van der Waals surface area contributed by atoms with Gasteiger partial charge >= 0.3 is 0 Å². The van der Waals surface area contributed by atoms with Gasteiger partial charge in [-0.05, 0) is 31.5 Å². The first kappa shape index (κ1) is 19.0. The van der Waals surface area contributed by atoms with Gasteiger partial charge in [0.1, 0.15) is 34.3 Å². The highest BCUT2D eigenvalue weighted by Gasteiger charge is 2.43. The Kier molecular flexibility index (Phi) is 3.83. The molecule has 7 heteroatoms. The molecule has 0 saturated carbocycles. The average molecular weight is 418 g/mol. The van der Waals surface area contributed by atoms with E-state index in [1.807, 2.05) is 0 Å². The largest absolute Gasteiger partial charge is 0.507 e. The van der Waals surface area contributed by atoms with Gasteiger partial charge < -0.3 is 24.8 Å². The van der Waals surface area contributed by atoms with Crippen molar-refractivity contribution in [2.45, 2.75) is 20.0 Å². The summed E-state index contributed by atoms with van der Waals surface area (Å²) in [4.78, 5) is 25.5. The van der Waals surface area contributed by atoms with E-state index in [4.69, 9.17) is 9.47 Å². The predicted octanol–water partition coefficient (Wildman–Crippen LogP) is 4.02. The monoisotopic (exact) mass is 418 g/mol. The Morgan fingerprint density at radius 3 is 2.45 bits per heavy atom. The molecule has 3 N–H and O–H groups in total. The Morgan fingerprint density at radius 2 is 1.77 bits per heavy atom. The van der Waals surface area contributed by atoms with Gasteiger partial charge in [-0.25, -0.2) is 0 Å². The molecule has 1 heterocycles. The van der Waals surface area contributed by atoms with E-state index in [0.29, 0.717) is 22.3 Å². The van der Waals surface area contributed by atoms with E-state index in [1.165, 1.54) is 32.2 Å². The number of fused-ring (bicyclic) bond motifs is 4. The first-order valence-electron chi connectivity index (χ1n) is 9.61. The molecule has 1 aliphatic carbocycles. The van der Waals surface area contributed by atoms with E-state index in [9.17, 15) is 24.9 Å². The van der Waals surface area contributed by atoms with Gasteiger partial charge in [0.05, 0.1) is 23.8 Å². The number of phenols is 3. The van der Waals surface area contributed by atoms with Gasteiger partial charge in [0.15, 0.2) is 11.9 Å². The quantitative estimate of drug-likeness (QED) is 0.539. The number of hydrogen-bond donors (Lipinski definition) is 3. The number of carbonyl (C=O) groups excluding carboxylic acids is 2. The molecule has 0 radical (unpaired) electrons. The fourth-order valence-electron chi connectivity index (χ4n) is 4.67. The van der Waals surface area contributed by atoms with Crippen molar-refractivity contribution in [1.82, 2.24) is 0 Å². The summed E-state index contributed by atoms with van der Waals surface area (Å²) in [5.41, 5.74) is 2.26. The number of methoxy groups -OCH3 is 1. The van der Waals surface area contributed by atoms with Crippen molar-refractivity contribution in [2.24, 2.45) is 0 Å². The Bertz CT molecular complexity index is 1340. The first-order valence-corrected chi connectivity index (χ1v) is 9.61. The fraction of sp³-hybridized carbons (Fsp3) is 0.167. The molecule has 0 saturated heterocycles. The van der Waals surface area contributed by atoms with E-state index in [2.05, 4.69) is 0 Å². The molecular formula is C24H18O7. The molecule has 3 aromatic carbocycles. The van der Waals surface area contributed by atoms with E-state index in [-0.39, 0.29) is 51.0 Å². The molecule has 31 heavy (non-hydrogen) atoms. The number of phenolic OH excluding ortho intramolecular Hbond substituents is 3. The third kappa shape index (κ3) is 2.34. The lowest BCUT2D eigenvalue weighted by atomic mass is 9.75. The van der Waals surface area contributed by atoms with Gasteiger partial charge in [0, 0.05) is 22.8 Å². The van der Waals surface area contributed by atoms with Crippen molar-refractivity contribution in [2.75, 3.05) is 7.11 Å². The smallest absolute Gasteiger partial charge is 0.201 e. The van der Waals surface area contributed by atoms with Crippen molar-refractivity contribution in [3.8, 4) is 39.9 Å². The van der Waals surface area contributed by atoms with E-state index in [0.717, 1.165) is 0 Å². The summed E-state index contributed by atoms with van der Waals surface area (Å²) in [5, 5.41) is 32.1. The lowest BCUT2D eigenvalue weighted by molar-refractivity contribution is 0.0998. The maximum atomic E-state index is 13.3. The van der Waals surface area contributed by atoms with Crippen LogP contribution in [0.15, 0.2) is 30.3 Å². The third-order valence-electron chi connectivity index (χ3n) is 5.91. The van der Waals surface area contributed by atoms with Crippen molar-refractivity contribution in [3.63, 3.8) is 0 Å². The Labute approximate surface area is 177 Å². The highest BCUT2D eigenvalue weighted by Crippen LogP contribution is 2.57. The maximum absolute atomic E-state index is 13.3. The summed E-state index contributed by atoms with van der Waals surface area (Å²) in [7, 11) is 1.39. The molecule has 1 unspecified atom stereocenters. The van der Waals surface area contributed by atoms with Crippen molar-refractivity contribution < 1.29 is 34.4 Å². The minimum absolute atomic E-state index is 0.00436. The van der Waals surface area contributed by atoms with Crippen molar-refractivity contribution >= 4 is 11.6 Å². The first-order chi connectivity index (χ1) is 14.8. The lowest BCUT2D eigenvalue weighted by Gasteiger charge is -2.36. The van der Waals surface area contributed by atoms with Gasteiger partial charge in [-0.15, -0.1) is 0 Å². The summed E-state index contributed by atoms with van der Waals surface area (Å²) in [6, 6.07) is 7.64. The minimum Gasteiger partial charge on any atom is -0.507 e. The molecular weight excluding hydrogens is 400 g/mol. The fourth-order valence-corrected chi connectivity index (χ4v) is 4.67. The lowest BCUT2D eigenvalue weighted by Crippen LogP contribution is -2.27. The van der Waals surface area contributed by atoms with Crippen LogP contribution in [0, 0.1) is 6.92 Å². The molecule has 5 rings (SSSR count). The van der Waals surface area contributed by atoms with Gasteiger partial charge in [0.2, 0.25) is 5.78 Å². The molecule has 0 aromatic heterocycles. The van der Waals surface area contributed by atoms with Crippen LogP contribution in [0.1, 0.15) is 56.0 Å². The number of ketones is 2. The zero-order chi connectivity index (χ0) is 22.2. The van der Waals surface area contributed by atoms with Crippen LogP contribution in [0.2, 0.25) is 0 Å². The number of hydrogen-bond acceptors (Lipinski definition) is 7. The zero-order valence-electron chi connectivity index (χ0n) is 16.9. The SMILES string of the molecule is COc1cc2c(c(O)c1C(C)=O)-c1c(C)cc(O)c3c1C(O2)c1cccc(O)c1C3=O. The molecule has 1 atom stereocenters. The molecule has 0 fully saturated rings. The summed E-state index contributed by atoms with van der Waals surface area (Å²) in [6.45, 7) is 3.05. The van der Waals surface area contributed by atoms with Crippen molar-refractivity contribution in [3.05, 3.63) is 63.7 Å². The van der Waals surface area contributed by atoms with Crippen LogP contribution in [0.3, 0.4) is 0 Å². The second-order valence-electron chi connectivity index (χ2n) is 7.68. The summed E-state index contributed by atoms with van der Waals surface area (Å²) >= 11 is 0. The summed E-state index contributed by atoms with van der Waals surface area (Å²) < 4.78 is 11.5. The van der Waals surface area contributed by atoms with E-state index in [1.54, 1.807) is 19.1 Å². The van der Waals surface area contributed by atoms with Crippen LogP contribution < -0.4 is 9.47 Å². The summed E-state index contributed by atoms with van der Waals surface area (Å²) in [5.74, 6) is -1.28. The molecule has 7 nitrogen and oxygen atoms in total. The average Bonchev–Trinajstić information content (AvgIpc) is 2.71. The highest BCUT2D eigenvalue weighted by atomic mass is 16.5. The van der Waals surface area contributed by atoms with Crippen LogP contribution in [0.5, 0.6) is 28.7 Å². The number of carbonyl (C=O) groups is 2. The maximum Gasteiger partial charge on any atom is 0.201 e. The zero-order valence-corrected chi connectivity index (χ0v) is 16.9. The predicted molar refractivity (Wildman–Crippen MR) is 111 cm³/mol. The van der Waals surface area contributed by atoms with Gasteiger partial charge in [0.25, 0.3) is 0 Å². The Balaban J connectivity index is 1.94. The van der Waals surface area contributed by atoms with Gasteiger partial charge in [-0.3, -0.25) is 9.59 Å². The number of aryl methyl sites for hydroxylation is 1. The van der Waals surface area contributed by atoms with Gasteiger partial charge in [-0.1, -0.05) is 12.1 Å². The topological polar surface area (TPSA) is 113 Å². The summed E-state index contributed by atoms with van der Waals surface area (Å²) in [6.07, 6.45) is -0.810. The van der Waals surface area contributed by atoms with E-state index >= 15 is 0 Å². The van der Waals surface area contributed by atoms with Crippen LogP contribution >= 0.6 is 0 Å². The molecule has 0 amide bonds. The molecule has 2 aliphatic rings. The second-order valence-corrected chi connectivity index (χ2v) is 7.68. The molecule has 156 valence electrons. The van der Waals surface area contributed by atoms with Crippen molar-refractivity contribution in [1.29, 1.82) is 0 Å². The van der Waals surface area contributed by atoms with Crippen LogP contribution in [-0.4, -0.2) is 34.0 Å². The molecule has 3 aromatic rings. The number of Topliss-reactive ketones (excluding diaryl/α,β-unsaturated/α-hetero) is 1. The van der Waals surface area contributed by atoms with Gasteiger partial charge in [-0.2, -0.15) is 0 Å². The second kappa shape index (κ2) is 6.25. The number of ether oxygens (including phenoxy) is 2. The standard InChI is InChI=1S/C24H18O7/c1-9-7-13(27)19-21-16(9)20-15(8-14(30-3)17(10(2)25)22(20)28)31-24(21)11-5-4-6-12(26)18(11)23(19)29/h4-8,24,26-28H,1-3H3. The highest BCUT2D eigenvalue weighted by molar-refractivity contribution is 6.17.